The molecular weight excluding hydrogens is 612 g/mol. The number of fused-ring (bicyclic) bond motifs is 2. The van der Waals surface area contributed by atoms with Crippen LogP contribution in [0.4, 0.5) is 0 Å². The van der Waals surface area contributed by atoms with E-state index in [9.17, 15) is 40.2 Å². The number of carboxylic acid groups (broad SMARTS) is 2. The SMILES string of the molecule is CCc1c(CC(=O)O)c2cc(O)ccc2n1Cc1ccccc1O.CCc1c(CC(=O)O)c2cccc(O)c2n1Cc1ccc(O)cc1. The van der Waals surface area contributed by atoms with Crippen LogP contribution in [0.3, 0.4) is 0 Å². The molecule has 2 heterocycles. The molecule has 0 saturated heterocycles. The summed E-state index contributed by atoms with van der Waals surface area (Å²) >= 11 is 0. The van der Waals surface area contributed by atoms with Gasteiger partial charge in [-0.1, -0.05) is 56.3 Å². The Hall–Kier alpha value is -5.90. The number of phenols is 4. The summed E-state index contributed by atoms with van der Waals surface area (Å²) in [4.78, 5) is 22.5. The minimum atomic E-state index is -0.908. The first-order chi connectivity index (χ1) is 23.0. The second-order valence-electron chi connectivity index (χ2n) is 11.5. The van der Waals surface area contributed by atoms with Crippen LogP contribution < -0.4 is 0 Å². The maximum absolute atomic E-state index is 11.3. The molecule has 6 N–H and O–H groups in total. The average molecular weight is 651 g/mol. The van der Waals surface area contributed by atoms with Crippen LogP contribution in [-0.2, 0) is 48.4 Å². The topological polar surface area (TPSA) is 165 Å². The van der Waals surface area contributed by atoms with Gasteiger partial charge in [-0.2, -0.15) is 0 Å². The smallest absolute Gasteiger partial charge is 0.307 e. The van der Waals surface area contributed by atoms with Crippen LogP contribution in [0.15, 0.2) is 84.9 Å². The fourth-order valence-electron chi connectivity index (χ4n) is 6.44. The van der Waals surface area contributed by atoms with Crippen LogP contribution in [-0.4, -0.2) is 51.7 Å². The van der Waals surface area contributed by atoms with Crippen molar-refractivity contribution in [2.45, 2.75) is 52.6 Å². The summed E-state index contributed by atoms with van der Waals surface area (Å²) in [5, 5.41) is 59.6. The molecule has 6 rings (SSSR count). The van der Waals surface area contributed by atoms with E-state index in [1.165, 1.54) is 0 Å². The number of phenolic OH excluding ortho intramolecular Hbond substituents is 4. The number of hydrogen-bond acceptors (Lipinski definition) is 6. The summed E-state index contributed by atoms with van der Waals surface area (Å²) in [5.74, 6) is -1.15. The molecule has 6 aromatic rings. The van der Waals surface area contributed by atoms with Crippen molar-refractivity contribution in [2.24, 2.45) is 0 Å². The summed E-state index contributed by atoms with van der Waals surface area (Å²) in [5.41, 5.74) is 6.50. The molecule has 0 unspecified atom stereocenters. The van der Waals surface area contributed by atoms with Gasteiger partial charge in [0.2, 0.25) is 0 Å². The molecule has 0 fully saturated rings. The first-order valence-electron chi connectivity index (χ1n) is 15.7. The van der Waals surface area contributed by atoms with E-state index in [1.807, 2.05) is 53.3 Å². The summed E-state index contributed by atoms with van der Waals surface area (Å²) in [7, 11) is 0. The van der Waals surface area contributed by atoms with Crippen LogP contribution in [0.5, 0.6) is 23.0 Å². The second kappa shape index (κ2) is 14.3. The van der Waals surface area contributed by atoms with E-state index in [0.717, 1.165) is 44.4 Å². The first-order valence-corrected chi connectivity index (χ1v) is 15.7. The van der Waals surface area contributed by atoms with Gasteiger partial charge in [0.1, 0.15) is 23.0 Å². The highest BCUT2D eigenvalue weighted by atomic mass is 16.4. The Bertz CT molecular complexity index is 2110. The molecule has 0 aliphatic heterocycles. The number of aromatic nitrogens is 2. The lowest BCUT2D eigenvalue weighted by Crippen LogP contribution is -2.07. The van der Waals surface area contributed by atoms with E-state index in [1.54, 1.807) is 54.6 Å². The highest BCUT2D eigenvalue weighted by Gasteiger charge is 2.21. The second-order valence-corrected chi connectivity index (χ2v) is 11.5. The van der Waals surface area contributed by atoms with E-state index < -0.39 is 11.9 Å². The van der Waals surface area contributed by atoms with Crippen molar-refractivity contribution in [3.63, 3.8) is 0 Å². The van der Waals surface area contributed by atoms with Crippen molar-refractivity contribution in [3.05, 3.63) is 119 Å². The van der Waals surface area contributed by atoms with E-state index >= 15 is 0 Å². The molecule has 0 atom stereocenters. The minimum Gasteiger partial charge on any atom is -0.508 e. The standard InChI is InChI=1S/2C19H19NO4/c1-2-16-15(10-18(23)24)14-4-3-5-17(22)19(14)20(16)11-12-6-8-13(21)9-7-12;1-2-16-15(10-19(23)24)14-9-13(21)7-8-17(14)20(16)11-12-5-3-4-6-18(12)22/h2*3-9,21-22H,2,10-11H2,1H3,(H,23,24). The zero-order valence-corrected chi connectivity index (χ0v) is 26.7. The van der Waals surface area contributed by atoms with Gasteiger partial charge in [-0.05, 0) is 72.0 Å². The van der Waals surface area contributed by atoms with Crippen LogP contribution in [0.1, 0.15) is 47.5 Å². The van der Waals surface area contributed by atoms with E-state index in [0.29, 0.717) is 37.0 Å². The number of carboxylic acids is 2. The number of aromatic hydroxyl groups is 4. The predicted molar refractivity (Wildman–Crippen MR) is 183 cm³/mol. The molecule has 10 nitrogen and oxygen atoms in total. The van der Waals surface area contributed by atoms with Crippen molar-refractivity contribution in [2.75, 3.05) is 0 Å². The lowest BCUT2D eigenvalue weighted by Gasteiger charge is -2.12. The van der Waals surface area contributed by atoms with Crippen molar-refractivity contribution in [1.29, 1.82) is 0 Å². The lowest BCUT2D eigenvalue weighted by molar-refractivity contribution is -0.137. The zero-order chi connectivity index (χ0) is 34.5. The van der Waals surface area contributed by atoms with Gasteiger partial charge in [-0.3, -0.25) is 9.59 Å². The molecule has 2 aromatic heterocycles. The third kappa shape index (κ3) is 6.92. The average Bonchev–Trinajstić information content (AvgIpc) is 3.50. The van der Waals surface area contributed by atoms with Crippen LogP contribution in [0.2, 0.25) is 0 Å². The number of para-hydroxylation sites is 2. The van der Waals surface area contributed by atoms with Crippen molar-refractivity contribution >= 4 is 33.7 Å². The molecule has 48 heavy (non-hydrogen) atoms. The van der Waals surface area contributed by atoms with Crippen LogP contribution in [0.25, 0.3) is 21.8 Å². The molecule has 0 spiro atoms. The van der Waals surface area contributed by atoms with Gasteiger partial charge < -0.3 is 39.8 Å². The normalized spacial score (nSPS) is 11.0. The Labute approximate surface area is 277 Å². The summed E-state index contributed by atoms with van der Waals surface area (Å²) < 4.78 is 3.98. The van der Waals surface area contributed by atoms with Gasteiger partial charge in [-0.15, -0.1) is 0 Å². The molecule has 0 amide bonds. The fourth-order valence-corrected chi connectivity index (χ4v) is 6.44. The number of carbonyl (C=O) groups is 2. The summed E-state index contributed by atoms with van der Waals surface area (Å²) in [6.45, 7) is 4.89. The molecule has 0 aliphatic rings. The number of benzene rings is 4. The number of hydrogen-bond donors (Lipinski definition) is 6. The molecule has 0 aliphatic carbocycles. The van der Waals surface area contributed by atoms with Crippen molar-refractivity contribution in [1.82, 2.24) is 9.13 Å². The van der Waals surface area contributed by atoms with Crippen molar-refractivity contribution < 1.29 is 40.2 Å². The quantitative estimate of drug-likeness (QED) is 0.0968. The zero-order valence-electron chi connectivity index (χ0n) is 26.7. The Morgan fingerprint density at radius 3 is 1.81 bits per heavy atom. The molecule has 248 valence electrons. The van der Waals surface area contributed by atoms with E-state index in [4.69, 9.17) is 0 Å². The van der Waals surface area contributed by atoms with Gasteiger partial charge in [-0.25, -0.2) is 0 Å². The highest BCUT2D eigenvalue weighted by molar-refractivity contribution is 5.93. The largest absolute Gasteiger partial charge is 0.508 e. The molecular formula is C38H38N2O8. The van der Waals surface area contributed by atoms with Crippen LogP contribution >= 0.6 is 0 Å². The van der Waals surface area contributed by atoms with Gasteiger partial charge in [0.15, 0.2) is 0 Å². The molecule has 0 bridgehead atoms. The van der Waals surface area contributed by atoms with Gasteiger partial charge in [0.25, 0.3) is 0 Å². The van der Waals surface area contributed by atoms with Crippen LogP contribution in [0, 0.1) is 0 Å². The molecule has 4 aromatic carbocycles. The lowest BCUT2D eigenvalue weighted by atomic mass is 10.1. The fraction of sp³-hybridized carbons (Fsp3) is 0.211. The monoisotopic (exact) mass is 650 g/mol. The summed E-state index contributed by atoms with van der Waals surface area (Å²) in [6, 6.07) is 24.1. The Morgan fingerprint density at radius 1 is 0.604 bits per heavy atom. The Morgan fingerprint density at radius 2 is 1.19 bits per heavy atom. The minimum absolute atomic E-state index is 0.0777. The van der Waals surface area contributed by atoms with Gasteiger partial charge in [0, 0.05) is 39.8 Å². The maximum Gasteiger partial charge on any atom is 0.307 e. The predicted octanol–water partition coefficient (Wildman–Crippen LogP) is 6.58. The Kier molecular flexibility index (Phi) is 9.93. The van der Waals surface area contributed by atoms with Gasteiger partial charge in [0.05, 0.1) is 24.9 Å². The molecule has 0 saturated carbocycles. The van der Waals surface area contributed by atoms with Gasteiger partial charge >= 0.3 is 11.9 Å². The third-order valence-electron chi connectivity index (χ3n) is 8.48. The summed E-state index contributed by atoms with van der Waals surface area (Å²) in [6.07, 6.45) is 1.14. The molecule has 0 radical (unpaired) electrons. The number of aliphatic carboxylic acids is 2. The number of rotatable bonds is 10. The Balaban J connectivity index is 0.000000188. The van der Waals surface area contributed by atoms with Crippen molar-refractivity contribution in [3.8, 4) is 23.0 Å². The first kappa shape index (κ1) is 33.5. The number of nitrogens with zero attached hydrogens (tertiary/aromatic N) is 2. The van der Waals surface area contributed by atoms with E-state index in [-0.39, 0.29) is 35.8 Å². The van der Waals surface area contributed by atoms with E-state index in [2.05, 4.69) is 0 Å². The third-order valence-corrected chi connectivity index (χ3v) is 8.48. The molecule has 10 heteroatoms. The maximum atomic E-state index is 11.3. The highest BCUT2D eigenvalue weighted by Crippen LogP contribution is 2.35.